The molecule has 0 aliphatic rings. The summed E-state index contributed by atoms with van der Waals surface area (Å²) in [5.74, 6) is 0.284. The molecule has 0 aliphatic carbocycles. The molecule has 3 aromatic rings. The van der Waals surface area contributed by atoms with E-state index in [2.05, 4.69) is 10.6 Å². The maximum absolute atomic E-state index is 12.5. The first-order valence-corrected chi connectivity index (χ1v) is 9.57. The standard InChI is InChI=1S/C24H24N2O3/c1-3-14-29-22-9-5-8-19(16-22)24(28)26-21-12-10-20(11-13-21)25-23(27)18-7-4-6-17(2)15-18/h4-13,15-16H,3,14H2,1-2H3,(H,25,27)(H,26,28). The molecule has 0 spiro atoms. The molecule has 0 saturated carbocycles. The molecule has 2 amide bonds. The zero-order chi connectivity index (χ0) is 20.6. The summed E-state index contributed by atoms with van der Waals surface area (Å²) in [6.45, 7) is 4.59. The number of benzene rings is 3. The van der Waals surface area contributed by atoms with E-state index in [1.807, 2.05) is 38.1 Å². The van der Waals surface area contributed by atoms with E-state index in [0.29, 0.717) is 34.9 Å². The van der Waals surface area contributed by atoms with E-state index >= 15 is 0 Å². The summed E-state index contributed by atoms with van der Waals surface area (Å²) in [5.41, 5.74) is 3.45. The van der Waals surface area contributed by atoms with Gasteiger partial charge in [0.15, 0.2) is 0 Å². The highest BCUT2D eigenvalue weighted by Gasteiger charge is 2.09. The smallest absolute Gasteiger partial charge is 0.255 e. The summed E-state index contributed by atoms with van der Waals surface area (Å²) in [7, 11) is 0. The van der Waals surface area contributed by atoms with Gasteiger partial charge in [0.25, 0.3) is 11.8 Å². The highest BCUT2D eigenvalue weighted by molar-refractivity contribution is 6.06. The molecule has 0 atom stereocenters. The van der Waals surface area contributed by atoms with Crippen LogP contribution >= 0.6 is 0 Å². The molecule has 29 heavy (non-hydrogen) atoms. The largest absolute Gasteiger partial charge is 0.494 e. The number of nitrogens with one attached hydrogen (secondary N) is 2. The molecular weight excluding hydrogens is 364 g/mol. The van der Waals surface area contributed by atoms with E-state index in [0.717, 1.165) is 12.0 Å². The molecule has 3 rings (SSSR count). The Labute approximate surface area is 170 Å². The van der Waals surface area contributed by atoms with Crippen molar-refractivity contribution in [1.82, 2.24) is 0 Å². The van der Waals surface area contributed by atoms with Crippen LogP contribution in [0.15, 0.2) is 72.8 Å². The van der Waals surface area contributed by atoms with E-state index < -0.39 is 0 Å². The monoisotopic (exact) mass is 388 g/mol. The van der Waals surface area contributed by atoms with Gasteiger partial charge in [0.1, 0.15) is 5.75 Å². The first kappa shape index (κ1) is 20.1. The predicted octanol–water partition coefficient (Wildman–Crippen LogP) is 5.29. The number of hydrogen-bond acceptors (Lipinski definition) is 3. The van der Waals surface area contributed by atoms with Crippen molar-refractivity contribution in [1.29, 1.82) is 0 Å². The second kappa shape index (κ2) is 9.55. The molecule has 148 valence electrons. The molecule has 2 N–H and O–H groups in total. The number of aryl methyl sites for hydroxylation is 1. The Morgan fingerprint density at radius 1 is 0.793 bits per heavy atom. The molecule has 0 aromatic heterocycles. The van der Waals surface area contributed by atoms with Gasteiger partial charge in [-0.2, -0.15) is 0 Å². The van der Waals surface area contributed by atoms with Crippen LogP contribution < -0.4 is 15.4 Å². The summed E-state index contributed by atoms with van der Waals surface area (Å²) >= 11 is 0. The summed E-state index contributed by atoms with van der Waals surface area (Å²) in [5, 5.41) is 5.71. The molecule has 0 bridgehead atoms. The van der Waals surface area contributed by atoms with Crippen LogP contribution in [0.1, 0.15) is 39.6 Å². The van der Waals surface area contributed by atoms with Crippen molar-refractivity contribution in [3.8, 4) is 5.75 Å². The lowest BCUT2D eigenvalue weighted by molar-refractivity contribution is 0.101. The van der Waals surface area contributed by atoms with Crippen molar-refractivity contribution in [2.24, 2.45) is 0 Å². The SMILES string of the molecule is CCCOc1cccc(C(=O)Nc2ccc(NC(=O)c3cccc(C)c3)cc2)c1. The maximum Gasteiger partial charge on any atom is 0.255 e. The van der Waals surface area contributed by atoms with Gasteiger partial charge in [0, 0.05) is 22.5 Å². The van der Waals surface area contributed by atoms with Crippen molar-refractivity contribution >= 4 is 23.2 Å². The van der Waals surface area contributed by atoms with Crippen LogP contribution in [0.4, 0.5) is 11.4 Å². The third kappa shape index (κ3) is 5.69. The highest BCUT2D eigenvalue weighted by Crippen LogP contribution is 2.18. The van der Waals surface area contributed by atoms with Crippen molar-refractivity contribution in [3.63, 3.8) is 0 Å². The van der Waals surface area contributed by atoms with Crippen LogP contribution in [0.2, 0.25) is 0 Å². The molecular formula is C24H24N2O3. The molecule has 3 aromatic carbocycles. The lowest BCUT2D eigenvalue weighted by Crippen LogP contribution is -2.13. The van der Waals surface area contributed by atoms with E-state index in [9.17, 15) is 9.59 Å². The zero-order valence-electron chi connectivity index (χ0n) is 16.6. The number of rotatable bonds is 7. The number of amides is 2. The van der Waals surface area contributed by atoms with Gasteiger partial charge >= 0.3 is 0 Å². The fourth-order valence-electron chi connectivity index (χ4n) is 2.78. The zero-order valence-corrected chi connectivity index (χ0v) is 16.6. The summed E-state index contributed by atoms with van der Waals surface area (Å²) in [4.78, 5) is 24.8. The average Bonchev–Trinajstić information content (AvgIpc) is 2.74. The second-order valence-electron chi connectivity index (χ2n) is 6.73. The van der Waals surface area contributed by atoms with Crippen molar-refractivity contribution in [2.75, 3.05) is 17.2 Å². The lowest BCUT2D eigenvalue weighted by atomic mass is 10.1. The first-order chi connectivity index (χ1) is 14.0. The molecule has 5 nitrogen and oxygen atoms in total. The van der Waals surface area contributed by atoms with Gasteiger partial charge in [-0.1, -0.05) is 30.7 Å². The molecule has 0 heterocycles. The minimum atomic E-state index is -0.219. The lowest BCUT2D eigenvalue weighted by Gasteiger charge is -2.10. The van der Waals surface area contributed by atoms with Gasteiger partial charge in [0.2, 0.25) is 0 Å². The Morgan fingerprint density at radius 2 is 1.34 bits per heavy atom. The molecule has 5 heteroatoms. The van der Waals surface area contributed by atoms with E-state index in [4.69, 9.17) is 4.74 Å². The predicted molar refractivity (Wildman–Crippen MR) is 116 cm³/mol. The molecule has 0 radical (unpaired) electrons. The Hall–Kier alpha value is -3.60. The van der Waals surface area contributed by atoms with E-state index in [1.165, 1.54) is 0 Å². The fraction of sp³-hybridized carbons (Fsp3) is 0.167. The third-order valence-corrected chi connectivity index (χ3v) is 4.25. The Kier molecular flexibility index (Phi) is 6.63. The number of anilines is 2. The quantitative estimate of drug-likeness (QED) is 0.578. The third-order valence-electron chi connectivity index (χ3n) is 4.25. The van der Waals surface area contributed by atoms with Gasteiger partial charge in [-0.15, -0.1) is 0 Å². The second-order valence-corrected chi connectivity index (χ2v) is 6.73. The Morgan fingerprint density at radius 3 is 1.90 bits per heavy atom. The number of hydrogen-bond donors (Lipinski definition) is 2. The van der Waals surface area contributed by atoms with E-state index in [1.54, 1.807) is 48.5 Å². The Bertz CT molecular complexity index is 997. The Balaban J connectivity index is 1.61. The highest BCUT2D eigenvalue weighted by atomic mass is 16.5. The molecule has 0 aliphatic heterocycles. The maximum atomic E-state index is 12.5. The van der Waals surface area contributed by atoms with Gasteiger partial charge < -0.3 is 15.4 Å². The molecule has 0 saturated heterocycles. The van der Waals surface area contributed by atoms with Crippen LogP contribution in [0.5, 0.6) is 5.75 Å². The molecule has 0 unspecified atom stereocenters. The number of carbonyl (C=O) groups is 2. The van der Waals surface area contributed by atoms with Crippen LogP contribution in [-0.4, -0.2) is 18.4 Å². The van der Waals surface area contributed by atoms with Gasteiger partial charge in [-0.3, -0.25) is 9.59 Å². The van der Waals surface area contributed by atoms with Crippen LogP contribution in [0, 0.1) is 6.92 Å². The summed E-state index contributed by atoms with van der Waals surface area (Å²) in [6.07, 6.45) is 0.906. The van der Waals surface area contributed by atoms with E-state index in [-0.39, 0.29) is 11.8 Å². The van der Waals surface area contributed by atoms with Gasteiger partial charge in [-0.05, 0) is 67.9 Å². The van der Waals surface area contributed by atoms with Crippen LogP contribution in [-0.2, 0) is 0 Å². The number of carbonyl (C=O) groups excluding carboxylic acids is 2. The average molecular weight is 388 g/mol. The van der Waals surface area contributed by atoms with Crippen molar-refractivity contribution < 1.29 is 14.3 Å². The topological polar surface area (TPSA) is 67.4 Å². The summed E-state index contributed by atoms with van der Waals surface area (Å²) in [6, 6.07) is 21.5. The summed E-state index contributed by atoms with van der Waals surface area (Å²) < 4.78 is 5.57. The fourth-order valence-corrected chi connectivity index (χ4v) is 2.78. The molecule has 0 fully saturated rings. The number of ether oxygens (including phenoxy) is 1. The van der Waals surface area contributed by atoms with Gasteiger partial charge in [0.05, 0.1) is 6.61 Å². The minimum absolute atomic E-state index is 0.172. The minimum Gasteiger partial charge on any atom is -0.494 e. The van der Waals surface area contributed by atoms with Crippen molar-refractivity contribution in [2.45, 2.75) is 20.3 Å². The van der Waals surface area contributed by atoms with Crippen molar-refractivity contribution in [3.05, 3.63) is 89.5 Å². The first-order valence-electron chi connectivity index (χ1n) is 9.57. The van der Waals surface area contributed by atoms with Crippen LogP contribution in [0.3, 0.4) is 0 Å². The van der Waals surface area contributed by atoms with Crippen LogP contribution in [0.25, 0.3) is 0 Å². The van der Waals surface area contributed by atoms with Gasteiger partial charge in [-0.25, -0.2) is 0 Å². The normalized spacial score (nSPS) is 10.3.